The molecule has 0 aliphatic heterocycles. The second-order valence-electron chi connectivity index (χ2n) is 4.87. The highest BCUT2D eigenvalue weighted by atomic mass is 32.2. The molecule has 0 fully saturated rings. The van der Waals surface area contributed by atoms with E-state index in [1.165, 1.54) is 19.4 Å². The van der Waals surface area contributed by atoms with Crippen molar-refractivity contribution in [3.8, 4) is 0 Å². The molecule has 1 aromatic heterocycles. The Hall–Kier alpha value is -2.12. The Morgan fingerprint density at radius 3 is 2.59 bits per heavy atom. The fourth-order valence-electron chi connectivity index (χ4n) is 1.93. The molecule has 1 aromatic carbocycles. The third kappa shape index (κ3) is 3.96. The van der Waals surface area contributed by atoms with E-state index in [0.29, 0.717) is 6.42 Å². The second-order valence-corrected chi connectivity index (χ2v) is 6.64. The summed E-state index contributed by atoms with van der Waals surface area (Å²) in [7, 11) is -2.42. The maximum Gasteiger partial charge on any atom is 0.354 e. The number of carbonyl (C=O) groups excluding carboxylic acids is 1. The molecular formula is C15H18N2O4S. The van der Waals surface area contributed by atoms with Crippen LogP contribution in [-0.4, -0.2) is 33.0 Å². The van der Waals surface area contributed by atoms with Crippen molar-refractivity contribution in [1.29, 1.82) is 0 Å². The molecule has 2 aromatic rings. The zero-order valence-electron chi connectivity index (χ0n) is 12.4. The zero-order chi connectivity index (χ0) is 16.2. The smallest absolute Gasteiger partial charge is 0.354 e. The van der Waals surface area contributed by atoms with Crippen LogP contribution in [0.25, 0.3) is 0 Å². The minimum absolute atomic E-state index is 0.0109. The average Bonchev–Trinajstić information content (AvgIpc) is 2.99. The summed E-state index contributed by atoms with van der Waals surface area (Å²) in [4.78, 5) is 13.9. The quantitative estimate of drug-likeness (QED) is 0.791. The van der Waals surface area contributed by atoms with Gasteiger partial charge in [0, 0.05) is 12.7 Å². The molecule has 0 saturated heterocycles. The molecule has 7 heteroatoms. The van der Waals surface area contributed by atoms with E-state index in [1.807, 2.05) is 31.2 Å². The predicted octanol–water partition coefficient (Wildman–Crippen LogP) is 1.63. The molecule has 0 aliphatic rings. The van der Waals surface area contributed by atoms with Crippen LogP contribution in [0.4, 0.5) is 0 Å². The minimum Gasteiger partial charge on any atom is -0.464 e. The number of methoxy groups -OCH3 is 1. The lowest BCUT2D eigenvalue weighted by Crippen LogP contribution is -2.25. The van der Waals surface area contributed by atoms with Crippen molar-refractivity contribution < 1.29 is 17.9 Å². The van der Waals surface area contributed by atoms with Crippen LogP contribution in [0.2, 0.25) is 0 Å². The predicted molar refractivity (Wildman–Crippen MR) is 82.2 cm³/mol. The molecule has 1 heterocycles. The molecule has 0 atom stereocenters. The number of aromatic nitrogens is 1. The van der Waals surface area contributed by atoms with Crippen molar-refractivity contribution in [2.75, 3.05) is 13.7 Å². The van der Waals surface area contributed by atoms with Crippen molar-refractivity contribution in [1.82, 2.24) is 9.71 Å². The standard InChI is InChI=1S/C15H18N2O4S/c1-11-3-5-12(6-4-11)7-8-17-22(19,20)13-9-14(16-10-13)15(18)21-2/h3-6,9-10,16-17H,7-8H2,1-2H3. The number of benzene rings is 1. The van der Waals surface area contributed by atoms with Gasteiger partial charge >= 0.3 is 5.97 Å². The Morgan fingerprint density at radius 1 is 1.27 bits per heavy atom. The Labute approximate surface area is 129 Å². The summed E-state index contributed by atoms with van der Waals surface area (Å²) in [6.45, 7) is 2.28. The SMILES string of the molecule is COC(=O)c1cc(S(=O)(=O)NCCc2ccc(C)cc2)c[nH]1. The van der Waals surface area contributed by atoms with E-state index < -0.39 is 16.0 Å². The number of nitrogens with one attached hydrogen (secondary N) is 2. The van der Waals surface area contributed by atoms with Crippen LogP contribution < -0.4 is 4.72 Å². The lowest BCUT2D eigenvalue weighted by Gasteiger charge is -2.05. The van der Waals surface area contributed by atoms with Gasteiger partial charge in [0.1, 0.15) is 10.6 Å². The number of aryl methyl sites for hydroxylation is 1. The van der Waals surface area contributed by atoms with Gasteiger partial charge in [0.25, 0.3) is 0 Å². The van der Waals surface area contributed by atoms with Gasteiger partial charge in [-0.25, -0.2) is 17.9 Å². The van der Waals surface area contributed by atoms with Gasteiger partial charge in [-0.05, 0) is 25.0 Å². The third-order valence-corrected chi connectivity index (χ3v) is 4.64. The van der Waals surface area contributed by atoms with E-state index in [4.69, 9.17) is 0 Å². The van der Waals surface area contributed by atoms with Gasteiger partial charge in [-0.2, -0.15) is 0 Å². The van der Waals surface area contributed by atoms with Crippen molar-refractivity contribution >= 4 is 16.0 Å². The van der Waals surface area contributed by atoms with E-state index in [9.17, 15) is 13.2 Å². The van der Waals surface area contributed by atoms with E-state index in [1.54, 1.807) is 0 Å². The third-order valence-electron chi connectivity index (χ3n) is 3.20. The molecule has 6 nitrogen and oxygen atoms in total. The summed E-state index contributed by atoms with van der Waals surface area (Å²) in [5, 5.41) is 0. The summed E-state index contributed by atoms with van der Waals surface area (Å²) in [5.74, 6) is -0.610. The Morgan fingerprint density at radius 2 is 1.95 bits per heavy atom. The molecule has 0 saturated carbocycles. The number of ether oxygens (including phenoxy) is 1. The number of hydrogen-bond donors (Lipinski definition) is 2. The number of aromatic amines is 1. The number of rotatable bonds is 6. The van der Waals surface area contributed by atoms with Crippen LogP contribution >= 0.6 is 0 Å². The van der Waals surface area contributed by atoms with Gasteiger partial charge in [0.15, 0.2) is 0 Å². The topological polar surface area (TPSA) is 88.3 Å². The number of hydrogen-bond acceptors (Lipinski definition) is 4. The highest BCUT2D eigenvalue weighted by Gasteiger charge is 2.18. The summed E-state index contributed by atoms with van der Waals surface area (Å²) < 4.78 is 31.3. The number of H-pyrrole nitrogens is 1. The van der Waals surface area contributed by atoms with Crippen molar-refractivity contribution in [3.05, 3.63) is 53.3 Å². The first-order valence-corrected chi connectivity index (χ1v) is 8.22. The number of esters is 1. The monoisotopic (exact) mass is 322 g/mol. The molecule has 22 heavy (non-hydrogen) atoms. The van der Waals surface area contributed by atoms with E-state index >= 15 is 0 Å². The van der Waals surface area contributed by atoms with E-state index in [0.717, 1.165) is 11.1 Å². The maximum atomic E-state index is 12.1. The minimum atomic E-state index is -3.65. The molecule has 118 valence electrons. The van der Waals surface area contributed by atoms with Gasteiger partial charge in [0.2, 0.25) is 10.0 Å². The fraction of sp³-hybridized carbons (Fsp3) is 0.267. The first-order chi connectivity index (χ1) is 10.4. The van der Waals surface area contributed by atoms with E-state index in [-0.39, 0.29) is 17.1 Å². The maximum absolute atomic E-state index is 12.1. The Balaban J connectivity index is 1.97. The second kappa shape index (κ2) is 6.76. The molecule has 0 amide bonds. The largest absolute Gasteiger partial charge is 0.464 e. The Kier molecular flexibility index (Phi) is 4.99. The van der Waals surface area contributed by atoms with Crippen LogP contribution in [-0.2, 0) is 21.2 Å². The van der Waals surface area contributed by atoms with Gasteiger partial charge in [-0.3, -0.25) is 0 Å². The van der Waals surface area contributed by atoms with Crippen molar-refractivity contribution in [2.45, 2.75) is 18.2 Å². The lowest BCUT2D eigenvalue weighted by molar-refractivity contribution is 0.0595. The fourth-order valence-corrected chi connectivity index (χ4v) is 2.95. The summed E-state index contributed by atoms with van der Waals surface area (Å²) in [6, 6.07) is 9.15. The van der Waals surface area contributed by atoms with Crippen LogP contribution in [0.3, 0.4) is 0 Å². The van der Waals surface area contributed by atoms with Crippen LogP contribution in [0.1, 0.15) is 21.6 Å². The zero-order valence-corrected chi connectivity index (χ0v) is 13.2. The molecule has 0 radical (unpaired) electrons. The highest BCUT2D eigenvalue weighted by molar-refractivity contribution is 7.89. The average molecular weight is 322 g/mol. The number of carbonyl (C=O) groups is 1. The van der Waals surface area contributed by atoms with Gasteiger partial charge in [0.05, 0.1) is 7.11 Å². The highest BCUT2D eigenvalue weighted by Crippen LogP contribution is 2.11. The summed E-state index contributed by atoms with van der Waals surface area (Å²) >= 11 is 0. The lowest BCUT2D eigenvalue weighted by atomic mass is 10.1. The van der Waals surface area contributed by atoms with Gasteiger partial charge in [-0.15, -0.1) is 0 Å². The molecular weight excluding hydrogens is 304 g/mol. The first-order valence-electron chi connectivity index (χ1n) is 6.74. The molecule has 2 N–H and O–H groups in total. The molecule has 0 unspecified atom stereocenters. The number of sulfonamides is 1. The molecule has 0 aliphatic carbocycles. The molecule has 0 bridgehead atoms. The molecule has 0 spiro atoms. The summed E-state index contributed by atoms with van der Waals surface area (Å²) in [5.41, 5.74) is 2.31. The van der Waals surface area contributed by atoms with Crippen molar-refractivity contribution in [3.63, 3.8) is 0 Å². The normalized spacial score (nSPS) is 11.4. The van der Waals surface area contributed by atoms with Crippen LogP contribution in [0.5, 0.6) is 0 Å². The molecule has 2 rings (SSSR count). The van der Waals surface area contributed by atoms with Crippen molar-refractivity contribution in [2.24, 2.45) is 0 Å². The Bertz CT molecular complexity index is 748. The van der Waals surface area contributed by atoms with Gasteiger partial charge < -0.3 is 9.72 Å². The summed E-state index contributed by atoms with van der Waals surface area (Å²) in [6.07, 6.45) is 1.86. The van der Waals surface area contributed by atoms with E-state index in [2.05, 4.69) is 14.4 Å². The first kappa shape index (κ1) is 16.3. The van der Waals surface area contributed by atoms with Gasteiger partial charge in [-0.1, -0.05) is 29.8 Å². The van der Waals surface area contributed by atoms with Crippen LogP contribution in [0.15, 0.2) is 41.4 Å². The van der Waals surface area contributed by atoms with Crippen LogP contribution in [0, 0.1) is 6.92 Å².